The highest BCUT2D eigenvalue weighted by atomic mass is 19.2. The summed E-state index contributed by atoms with van der Waals surface area (Å²) in [5.74, 6) is -1.81. The molecule has 3 rings (SSSR count). The summed E-state index contributed by atoms with van der Waals surface area (Å²) in [5, 5.41) is 2.50. The van der Waals surface area contributed by atoms with Crippen LogP contribution in [0.25, 0.3) is 0 Å². The first-order chi connectivity index (χ1) is 11.5. The summed E-state index contributed by atoms with van der Waals surface area (Å²) in [5.41, 5.74) is 0.335. The number of hydrogen-bond donors (Lipinski definition) is 1. The van der Waals surface area contributed by atoms with E-state index in [0.29, 0.717) is 5.82 Å². The van der Waals surface area contributed by atoms with E-state index in [1.807, 2.05) is 0 Å². The van der Waals surface area contributed by atoms with E-state index in [4.69, 9.17) is 0 Å². The molecule has 1 amide bonds. The molecule has 2 heterocycles. The number of halogens is 2. The Labute approximate surface area is 138 Å². The van der Waals surface area contributed by atoms with Crippen LogP contribution in [0.2, 0.25) is 0 Å². The Morgan fingerprint density at radius 3 is 2.54 bits per heavy atom. The molecule has 0 atom stereocenters. The van der Waals surface area contributed by atoms with Crippen molar-refractivity contribution in [2.75, 3.05) is 43.4 Å². The predicted octanol–water partition coefficient (Wildman–Crippen LogP) is 1.76. The zero-order chi connectivity index (χ0) is 17.1. The van der Waals surface area contributed by atoms with Gasteiger partial charge >= 0.3 is 0 Å². The van der Waals surface area contributed by atoms with Gasteiger partial charge in [-0.3, -0.25) is 4.79 Å². The molecule has 0 bridgehead atoms. The molecule has 1 aliphatic rings. The van der Waals surface area contributed by atoms with Crippen molar-refractivity contribution >= 4 is 17.4 Å². The van der Waals surface area contributed by atoms with Crippen LogP contribution in [0.4, 0.5) is 20.3 Å². The van der Waals surface area contributed by atoms with Crippen LogP contribution in [0.15, 0.2) is 30.6 Å². The van der Waals surface area contributed by atoms with Gasteiger partial charge in [0.25, 0.3) is 5.91 Å². The fraction of sp³-hybridized carbons (Fsp3) is 0.312. The lowest BCUT2D eigenvalue weighted by molar-refractivity contribution is 0.102. The zero-order valence-electron chi connectivity index (χ0n) is 13.2. The lowest BCUT2D eigenvalue weighted by Gasteiger charge is -2.33. The van der Waals surface area contributed by atoms with E-state index in [9.17, 15) is 13.6 Å². The summed E-state index contributed by atoms with van der Waals surface area (Å²) in [4.78, 5) is 24.7. The summed E-state index contributed by atoms with van der Waals surface area (Å²) < 4.78 is 26.1. The van der Waals surface area contributed by atoms with E-state index in [0.717, 1.165) is 38.3 Å². The Balaban J connectivity index is 1.73. The van der Waals surface area contributed by atoms with Gasteiger partial charge in [-0.1, -0.05) is 0 Å². The van der Waals surface area contributed by atoms with Crippen LogP contribution in [0, 0.1) is 11.6 Å². The molecule has 0 radical (unpaired) electrons. The molecule has 1 saturated heterocycles. The van der Waals surface area contributed by atoms with Crippen LogP contribution in [0.1, 0.15) is 10.5 Å². The molecule has 8 heteroatoms. The molecule has 24 heavy (non-hydrogen) atoms. The van der Waals surface area contributed by atoms with Crippen molar-refractivity contribution in [3.8, 4) is 0 Å². The number of rotatable bonds is 3. The smallest absolute Gasteiger partial charge is 0.274 e. The molecule has 1 aliphatic heterocycles. The molecule has 1 N–H and O–H groups in total. The summed E-state index contributed by atoms with van der Waals surface area (Å²) in [6.07, 6.45) is 1.33. The van der Waals surface area contributed by atoms with Gasteiger partial charge in [0.2, 0.25) is 0 Å². The van der Waals surface area contributed by atoms with Crippen molar-refractivity contribution in [1.29, 1.82) is 0 Å². The maximum absolute atomic E-state index is 13.2. The van der Waals surface area contributed by atoms with Gasteiger partial charge in [-0.05, 0) is 19.2 Å². The molecule has 1 aromatic heterocycles. The van der Waals surface area contributed by atoms with E-state index in [2.05, 4.69) is 32.1 Å². The lowest BCUT2D eigenvalue weighted by Crippen LogP contribution is -2.44. The molecule has 1 fully saturated rings. The first kappa shape index (κ1) is 16.3. The van der Waals surface area contributed by atoms with Crippen molar-refractivity contribution in [2.24, 2.45) is 0 Å². The van der Waals surface area contributed by atoms with E-state index < -0.39 is 17.5 Å². The Bertz CT molecular complexity index is 747. The molecule has 126 valence electrons. The van der Waals surface area contributed by atoms with Crippen molar-refractivity contribution < 1.29 is 13.6 Å². The van der Waals surface area contributed by atoms with Crippen molar-refractivity contribution in [3.63, 3.8) is 0 Å². The highest BCUT2D eigenvalue weighted by molar-refractivity contribution is 6.03. The number of carbonyl (C=O) groups is 1. The normalized spacial score (nSPS) is 15.4. The zero-order valence-corrected chi connectivity index (χ0v) is 13.2. The average molecular weight is 333 g/mol. The van der Waals surface area contributed by atoms with Crippen LogP contribution in [-0.4, -0.2) is 54.0 Å². The summed E-state index contributed by atoms with van der Waals surface area (Å²) in [6, 6.07) is 4.77. The predicted molar refractivity (Wildman–Crippen MR) is 86.1 cm³/mol. The highest BCUT2D eigenvalue weighted by Gasteiger charge is 2.17. The van der Waals surface area contributed by atoms with Crippen LogP contribution in [0.5, 0.6) is 0 Å². The third-order valence-electron chi connectivity index (χ3n) is 3.89. The second-order valence-corrected chi connectivity index (χ2v) is 5.63. The number of nitrogens with zero attached hydrogens (tertiary/aromatic N) is 4. The Morgan fingerprint density at radius 2 is 1.83 bits per heavy atom. The van der Waals surface area contributed by atoms with E-state index >= 15 is 0 Å². The van der Waals surface area contributed by atoms with Crippen molar-refractivity contribution in [2.45, 2.75) is 0 Å². The van der Waals surface area contributed by atoms with Gasteiger partial charge in [-0.15, -0.1) is 0 Å². The largest absolute Gasteiger partial charge is 0.354 e. The van der Waals surface area contributed by atoms with Gasteiger partial charge in [0.1, 0.15) is 17.8 Å². The van der Waals surface area contributed by atoms with Gasteiger partial charge in [-0.2, -0.15) is 0 Å². The van der Waals surface area contributed by atoms with Crippen LogP contribution < -0.4 is 10.2 Å². The molecule has 0 saturated carbocycles. The monoisotopic (exact) mass is 333 g/mol. The number of nitrogens with one attached hydrogen (secondary N) is 1. The summed E-state index contributed by atoms with van der Waals surface area (Å²) >= 11 is 0. The molecule has 0 unspecified atom stereocenters. The number of benzene rings is 1. The summed E-state index contributed by atoms with van der Waals surface area (Å²) in [7, 11) is 2.05. The quantitative estimate of drug-likeness (QED) is 0.927. The fourth-order valence-corrected chi connectivity index (χ4v) is 2.45. The van der Waals surface area contributed by atoms with Gasteiger partial charge in [-0.25, -0.2) is 18.7 Å². The summed E-state index contributed by atoms with van der Waals surface area (Å²) in [6.45, 7) is 3.47. The average Bonchev–Trinajstić information content (AvgIpc) is 2.59. The number of aromatic nitrogens is 2. The number of piperazine rings is 1. The Hall–Kier alpha value is -2.61. The van der Waals surface area contributed by atoms with Gasteiger partial charge in [0.05, 0.1) is 0 Å². The van der Waals surface area contributed by atoms with E-state index in [1.54, 1.807) is 6.07 Å². The second kappa shape index (κ2) is 6.88. The van der Waals surface area contributed by atoms with Gasteiger partial charge in [0.15, 0.2) is 11.6 Å². The van der Waals surface area contributed by atoms with Crippen molar-refractivity contribution in [1.82, 2.24) is 14.9 Å². The third-order valence-corrected chi connectivity index (χ3v) is 3.89. The molecule has 6 nitrogen and oxygen atoms in total. The maximum Gasteiger partial charge on any atom is 0.274 e. The van der Waals surface area contributed by atoms with Gasteiger partial charge in [0, 0.05) is 44.0 Å². The van der Waals surface area contributed by atoms with Gasteiger partial charge < -0.3 is 15.1 Å². The number of anilines is 2. The van der Waals surface area contributed by atoms with Crippen LogP contribution in [0.3, 0.4) is 0 Å². The standard InChI is InChI=1S/C16H17F2N5O/c1-22-4-6-23(7-5-22)15-9-14(19-10-20-15)16(24)21-11-2-3-12(17)13(18)8-11/h2-3,8-10H,4-7H2,1H3,(H,21,24). The first-order valence-corrected chi connectivity index (χ1v) is 7.55. The maximum atomic E-state index is 13.2. The SMILES string of the molecule is CN1CCN(c2cc(C(=O)Nc3ccc(F)c(F)c3)ncn2)CC1. The first-order valence-electron chi connectivity index (χ1n) is 7.55. The Morgan fingerprint density at radius 1 is 1.08 bits per heavy atom. The molecular weight excluding hydrogens is 316 g/mol. The highest BCUT2D eigenvalue weighted by Crippen LogP contribution is 2.16. The minimum absolute atomic E-state index is 0.165. The number of carbonyl (C=O) groups excluding carboxylic acids is 1. The third kappa shape index (κ3) is 3.65. The fourth-order valence-electron chi connectivity index (χ4n) is 2.45. The molecular formula is C16H17F2N5O. The molecule has 0 aliphatic carbocycles. The topological polar surface area (TPSA) is 61.4 Å². The number of amides is 1. The molecule has 1 aromatic carbocycles. The lowest BCUT2D eigenvalue weighted by atomic mass is 10.2. The Kier molecular flexibility index (Phi) is 4.66. The van der Waals surface area contributed by atoms with E-state index in [1.165, 1.54) is 12.4 Å². The minimum atomic E-state index is -1.02. The van der Waals surface area contributed by atoms with E-state index in [-0.39, 0.29) is 11.4 Å². The molecule has 0 spiro atoms. The minimum Gasteiger partial charge on any atom is -0.354 e. The van der Waals surface area contributed by atoms with Crippen molar-refractivity contribution in [3.05, 3.63) is 47.9 Å². The second-order valence-electron chi connectivity index (χ2n) is 5.63. The molecule has 2 aromatic rings. The number of likely N-dealkylation sites (N-methyl/N-ethyl adjacent to an activating group) is 1. The number of hydrogen-bond acceptors (Lipinski definition) is 5. The van der Waals surface area contributed by atoms with Crippen LogP contribution >= 0.6 is 0 Å². The van der Waals surface area contributed by atoms with Crippen LogP contribution in [-0.2, 0) is 0 Å².